The second-order valence-electron chi connectivity index (χ2n) is 6.57. The van der Waals surface area contributed by atoms with Crippen LogP contribution in [0, 0.1) is 5.41 Å². The summed E-state index contributed by atoms with van der Waals surface area (Å²) >= 11 is 6.43. The number of hydrogen-bond acceptors (Lipinski definition) is 1. The molecule has 1 heterocycles. The van der Waals surface area contributed by atoms with Gasteiger partial charge in [0.05, 0.1) is 12.7 Å². The lowest BCUT2D eigenvalue weighted by molar-refractivity contribution is 0.0345. The van der Waals surface area contributed by atoms with Gasteiger partial charge in [-0.05, 0) is 42.2 Å². The van der Waals surface area contributed by atoms with Crippen molar-refractivity contribution in [1.82, 2.24) is 0 Å². The fraction of sp³-hybridized carbons (Fsp3) is 0.647. The third-order valence-corrected chi connectivity index (χ3v) is 4.83. The number of halogens is 1. The van der Waals surface area contributed by atoms with Gasteiger partial charge in [-0.3, -0.25) is 0 Å². The molecular weight excluding hydrogens is 256 g/mol. The highest BCUT2D eigenvalue weighted by Gasteiger charge is 2.24. The van der Waals surface area contributed by atoms with E-state index < -0.39 is 0 Å². The Kier molecular flexibility index (Phi) is 4.92. The lowest BCUT2D eigenvalue weighted by Crippen LogP contribution is -2.21. The maximum absolute atomic E-state index is 6.43. The standard InChI is InChI=1S/C17H25ClO/c1-17(2,3)16(18)10-6-9-15-14-8-5-4-7-13(14)11-12-19-15/h4-5,7-8,15-16H,6,9-12H2,1-3H3. The van der Waals surface area contributed by atoms with E-state index in [4.69, 9.17) is 16.3 Å². The lowest BCUT2D eigenvalue weighted by atomic mass is 9.87. The molecule has 0 saturated carbocycles. The molecule has 2 atom stereocenters. The Labute approximate surface area is 122 Å². The van der Waals surface area contributed by atoms with E-state index in [0.29, 0.717) is 0 Å². The molecule has 1 nitrogen and oxygen atoms in total. The first kappa shape index (κ1) is 14.9. The molecule has 0 N–H and O–H groups in total. The Morgan fingerprint density at radius 3 is 2.79 bits per heavy atom. The van der Waals surface area contributed by atoms with Crippen molar-refractivity contribution in [1.29, 1.82) is 0 Å². The molecule has 1 aromatic rings. The van der Waals surface area contributed by atoms with Gasteiger partial charge >= 0.3 is 0 Å². The van der Waals surface area contributed by atoms with E-state index in [-0.39, 0.29) is 16.9 Å². The number of rotatable bonds is 4. The van der Waals surface area contributed by atoms with Crippen LogP contribution in [0.25, 0.3) is 0 Å². The minimum absolute atomic E-state index is 0.187. The minimum Gasteiger partial charge on any atom is -0.373 e. The SMILES string of the molecule is CC(C)(C)C(Cl)CCCC1OCCc2ccccc21. The van der Waals surface area contributed by atoms with Gasteiger partial charge in [-0.2, -0.15) is 0 Å². The monoisotopic (exact) mass is 280 g/mol. The first-order valence-electron chi connectivity index (χ1n) is 7.32. The highest BCUT2D eigenvalue weighted by atomic mass is 35.5. The molecule has 1 aliphatic rings. The molecule has 0 radical (unpaired) electrons. The molecule has 0 spiro atoms. The summed E-state index contributed by atoms with van der Waals surface area (Å²) in [6, 6.07) is 8.67. The van der Waals surface area contributed by atoms with E-state index in [0.717, 1.165) is 32.3 Å². The van der Waals surface area contributed by atoms with Crippen LogP contribution in [0.15, 0.2) is 24.3 Å². The van der Waals surface area contributed by atoms with Crippen molar-refractivity contribution in [3.8, 4) is 0 Å². The fourth-order valence-corrected chi connectivity index (χ4v) is 2.79. The molecule has 2 heteroatoms. The average Bonchev–Trinajstić information content (AvgIpc) is 2.38. The van der Waals surface area contributed by atoms with E-state index >= 15 is 0 Å². The van der Waals surface area contributed by atoms with E-state index in [9.17, 15) is 0 Å². The summed E-state index contributed by atoms with van der Waals surface area (Å²) in [7, 11) is 0. The second-order valence-corrected chi connectivity index (χ2v) is 7.10. The normalized spacial score (nSPS) is 20.9. The number of benzene rings is 1. The summed E-state index contributed by atoms with van der Waals surface area (Å²) < 4.78 is 5.93. The number of alkyl halides is 1. The maximum atomic E-state index is 6.43. The van der Waals surface area contributed by atoms with Crippen LogP contribution in [0.5, 0.6) is 0 Å². The molecule has 19 heavy (non-hydrogen) atoms. The molecule has 0 saturated heterocycles. The largest absolute Gasteiger partial charge is 0.373 e. The van der Waals surface area contributed by atoms with Crippen molar-refractivity contribution in [3.63, 3.8) is 0 Å². The molecule has 1 aromatic carbocycles. The molecule has 2 unspecified atom stereocenters. The lowest BCUT2D eigenvalue weighted by Gasteiger charge is -2.28. The zero-order valence-corrected chi connectivity index (χ0v) is 13.0. The van der Waals surface area contributed by atoms with Gasteiger partial charge in [0, 0.05) is 5.38 Å². The van der Waals surface area contributed by atoms with Gasteiger partial charge in [-0.25, -0.2) is 0 Å². The van der Waals surface area contributed by atoms with Gasteiger partial charge in [0.2, 0.25) is 0 Å². The van der Waals surface area contributed by atoms with Crippen molar-refractivity contribution in [3.05, 3.63) is 35.4 Å². The topological polar surface area (TPSA) is 9.23 Å². The Bertz CT molecular complexity index is 408. The Morgan fingerprint density at radius 2 is 2.05 bits per heavy atom. The highest BCUT2D eigenvalue weighted by molar-refractivity contribution is 6.21. The Morgan fingerprint density at radius 1 is 1.32 bits per heavy atom. The van der Waals surface area contributed by atoms with Crippen LogP contribution in [0.1, 0.15) is 57.3 Å². The van der Waals surface area contributed by atoms with Gasteiger partial charge in [0.25, 0.3) is 0 Å². The molecule has 0 fully saturated rings. The fourth-order valence-electron chi connectivity index (χ4n) is 2.63. The summed E-state index contributed by atoms with van der Waals surface area (Å²) in [5, 5.41) is 0.242. The van der Waals surface area contributed by atoms with Crippen LogP contribution in [0.3, 0.4) is 0 Å². The van der Waals surface area contributed by atoms with Crippen molar-refractivity contribution in [2.45, 2.75) is 57.9 Å². The van der Waals surface area contributed by atoms with Crippen molar-refractivity contribution in [2.24, 2.45) is 5.41 Å². The van der Waals surface area contributed by atoms with Crippen LogP contribution in [-0.2, 0) is 11.2 Å². The zero-order chi connectivity index (χ0) is 13.9. The Balaban J connectivity index is 1.88. The third kappa shape index (κ3) is 3.97. The molecule has 0 bridgehead atoms. The van der Waals surface area contributed by atoms with Gasteiger partial charge in [0.15, 0.2) is 0 Å². The quantitative estimate of drug-likeness (QED) is 0.695. The second kappa shape index (κ2) is 6.28. The summed E-state index contributed by atoms with van der Waals surface area (Å²) in [6.45, 7) is 7.47. The molecule has 1 aliphatic heterocycles. The van der Waals surface area contributed by atoms with Crippen LogP contribution < -0.4 is 0 Å². The first-order valence-corrected chi connectivity index (χ1v) is 7.75. The summed E-state index contributed by atoms with van der Waals surface area (Å²) in [5.74, 6) is 0. The number of hydrogen-bond donors (Lipinski definition) is 0. The predicted octanol–water partition coefficient (Wildman–Crippen LogP) is 5.12. The smallest absolute Gasteiger partial charge is 0.0827 e. The molecule has 2 rings (SSSR count). The van der Waals surface area contributed by atoms with Gasteiger partial charge in [0.1, 0.15) is 0 Å². The van der Waals surface area contributed by atoms with E-state index in [2.05, 4.69) is 45.0 Å². The highest BCUT2D eigenvalue weighted by Crippen LogP contribution is 2.33. The zero-order valence-electron chi connectivity index (χ0n) is 12.3. The van der Waals surface area contributed by atoms with Crippen molar-refractivity contribution in [2.75, 3.05) is 6.61 Å². The van der Waals surface area contributed by atoms with Crippen molar-refractivity contribution >= 4 is 11.6 Å². The summed E-state index contributed by atoms with van der Waals surface area (Å²) in [4.78, 5) is 0. The molecular formula is C17H25ClO. The third-order valence-electron chi connectivity index (χ3n) is 3.96. The molecule has 0 amide bonds. The van der Waals surface area contributed by atoms with Gasteiger partial charge < -0.3 is 4.74 Å². The molecule has 0 aliphatic carbocycles. The van der Waals surface area contributed by atoms with E-state index in [1.54, 1.807) is 0 Å². The predicted molar refractivity (Wildman–Crippen MR) is 81.8 cm³/mol. The van der Waals surface area contributed by atoms with E-state index in [1.165, 1.54) is 11.1 Å². The van der Waals surface area contributed by atoms with Crippen LogP contribution in [-0.4, -0.2) is 12.0 Å². The average molecular weight is 281 g/mol. The van der Waals surface area contributed by atoms with Gasteiger partial charge in [-0.15, -0.1) is 11.6 Å². The first-order chi connectivity index (χ1) is 8.98. The van der Waals surface area contributed by atoms with Gasteiger partial charge in [-0.1, -0.05) is 45.0 Å². The van der Waals surface area contributed by atoms with Crippen LogP contribution in [0.4, 0.5) is 0 Å². The number of ether oxygens (including phenoxy) is 1. The minimum atomic E-state index is 0.187. The summed E-state index contributed by atoms with van der Waals surface area (Å²) in [6.07, 6.45) is 4.59. The van der Waals surface area contributed by atoms with E-state index in [1.807, 2.05) is 0 Å². The maximum Gasteiger partial charge on any atom is 0.0827 e. The summed E-state index contributed by atoms with van der Waals surface area (Å²) in [5.41, 5.74) is 3.03. The van der Waals surface area contributed by atoms with Crippen LogP contribution >= 0.6 is 11.6 Å². The molecule has 0 aromatic heterocycles. The molecule has 106 valence electrons. The number of fused-ring (bicyclic) bond motifs is 1. The Hall–Kier alpha value is -0.530. The van der Waals surface area contributed by atoms with Crippen LogP contribution in [0.2, 0.25) is 0 Å². The van der Waals surface area contributed by atoms with Crippen molar-refractivity contribution < 1.29 is 4.74 Å².